The summed E-state index contributed by atoms with van der Waals surface area (Å²) >= 11 is 0. The second-order valence-corrected chi connectivity index (χ2v) is 6.72. The molecular formula is C20H27N3O3. The first-order valence-electron chi connectivity index (χ1n) is 8.93. The lowest BCUT2D eigenvalue weighted by Crippen LogP contribution is -2.33. The normalized spacial score (nSPS) is 12.0. The van der Waals surface area contributed by atoms with E-state index in [1.54, 1.807) is 4.90 Å². The summed E-state index contributed by atoms with van der Waals surface area (Å²) in [5.74, 6) is -0.826. The second-order valence-electron chi connectivity index (χ2n) is 6.72. The smallest absolute Gasteiger partial charge is 0.303 e. The Morgan fingerprint density at radius 1 is 1.23 bits per heavy atom. The highest BCUT2D eigenvalue weighted by atomic mass is 16.4. The summed E-state index contributed by atoms with van der Waals surface area (Å²) in [5.41, 5.74) is 3.00. The van der Waals surface area contributed by atoms with Crippen molar-refractivity contribution in [3.8, 4) is 0 Å². The molecule has 1 atom stereocenters. The highest BCUT2D eigenvalue weighted by Gasteiger charge is 2.19. The van der Waals surface area contributed by atoms with Crippen molar-refractivity contribution < 1.29 is 14.7 Å². The van der Waals surface area contributed by atoms with Crippen LogP contribution in [0.15, 0.2) is 36.4 Å². The van der Waals surface area contributed by atoms with Gasteiger partial charge in [0.1, 0.15) is 0 Å². The molecule has 1 heterocycles. The number of rotatable bonds is 9. The van der Waals surface area contributed by atoms with Crippen molar-refractivity contribution in [2.24, 2.45) is 0 Å². The lowest BCUT2D eigenvalue weighted by molar-refractivity contribution is -0.138. The number of aryl methyl sites for hydroxylation is 2. The van der Waals surface area contributed by atoms with Crippen molar-refractivity contribution in [3.63, 3.8) is 0 Å². The third-order valence-electron chi connectivity index (χ3n) is 4.32. The van der Waals surface area contributed by atoms with Crippen molar-refractivity contribution in [2.75, 3.05) is 6.54 Å². The van der Waals surface area contributed by atoms with Crippen LogP contribution in [0, 0.1) is 13.8 Å². The molecule has 1 aromatic heterocycles. The maximum atomic E-state index is 12.9. The number of nitrogens with zero attached hydrogens (tertiary/aromatic N) is 3. The molecule has 26 heavy (non-hydrogen) atoms. The lowest BCUT2D eigenvalue weighted by atomic mass is 10.1. The van der Waals surface area contributed by atoms with Gasteiger partial charge in [0.15, 0.2) is 0 Å². The van der Waals surface area contributed by atoms with Gasteiger partial charge in [-0.05, 0) is 38.8 Å². The van der Waals surface area contributed by atoms with Crippen LogP contribution in [0.4, 0.5) is 0 Å². The molecular weight excluding hydrogens is 330 g/mol. The van der Waals surface area contributed by atoms with Crippen molar-refractivity contribution in [1.29, 1.82) is 0 Å². The van der Waals surface area contributed by atoms with E-state index < -0.39 is 5.97 Å². The molecule has 1 N–H and O–H groups in total. The number of carbonyl (C=O) groups is 2. The standard InChI is InChI=1S/C20H27N3O3/c1-15-12-16(2)23(21-15)17(3)13-19(24)22(11-7-10-20(25)26)14-18-8-5-4-6-9-18/h4-6,8-9,12,17H,7,10-11,13-14H2,1-3H3,(H,25,26). The maximum absolute atomic E-state index is 12.9. The predicted molar refractivity (Wildman–Crippen MR) is 99.8 cm³/mol. The highest BCUT2D eigenvalue weighted by molar-refractivity contribution is 5.76. The molecule has 1 amide bonds. The Hall–Kier alpha value is -2.63. The van der Waals surface area contributed by atoms with E-state index in [9.17, 15) is 9.59 Å². The first-order valence-corrected chi connectivity index (χ1v) is 8.93. The average Bonchev–Trinajstić information content (AvgIpc) is 2.93. The van der Waals surface area contributed by atoms with Crippen LogP contribution in [0.1, 0.15) is 49.2 Å². The average molecular weight is 357 g/mol. The fraction of sp³-hybridized carbons (Fsp3) is 0.450. The van der Waals surface area contributed by atoms with E-state index in [4.69, 9.17) is 5.11 Å². The van der Waals surface area contributed by atoms with Crippen molar-refractivity contribution in [3.05, 3.63) is 53.3 Å². The van der Waals surface area contributed by atoms with Gasteiger partial charge in [-0.1, -0.05) is 30.3 Å². The predicted octanol–water partition coefficient (Wildman–Crippen LogP) is 3.34. The molecule has 1 unspecified atom stereocenters. The van der Waals surface area contributed by atoms with Crippen LogP contribution in [0.25, 0.3) is 0 Å². The Morgan fingerprint density at radius 2 is 1.92 bits per heavy atom. The van der Waals surface area contributed by atoms with Gasteiger partial charge in [-0.2, -0.15) is 5.10 Å². The zero-order valence-corrected chi connectivity index (χ0v) is 15.7. The molecule has 0 saturated heterocycles. The summed E-state index contributed by atoms with van der Waals surface area (Å²) < 4.78 is 1.88. The summed E-state index contributed by atoms with van der Waals surface area (Å²) in [6.07, 6.45) is 0.843. The van der Waals surface area contributed by atoms with Crippen molar-refractivity contribution in [2.45, 2.75) is 52.6 Å². The molecule has 2 aromatic rings. The van der Waals surface area contributed by atoms with E-state index in [0.717, 1.165) is 17.0 Å². The van der Waals surface area contributed by atoms with Crippen LogP contribution in [0.2, 0.25) is 0 Å². The van der Waals surface area contributed by atoms with E-state index in [2.05, 4.69) is 5.10 Å². The number of carboxylic acid groups (broad SMARTS) is 1. The number of carboxylic acids is 1. The third-order valence-corrected chi connectivity index (χ3v) is 4.32. The zero-order chi connectivity index (χ0) is 19.1. The zero-order valence-electron chi connectivity index (χ0n) is 15.7. The van der Waals surface area contributed by atoms with Gasteiger partial charge >= 0.3 is 5.97 Å². The number of hydrogen-bond acceptors (Lipinski definition) is 3. The molecule has 1 aromatic carbocycles. The topological polar surface area (TPSA) is 75.4 Å². The van der Waals surface area contributed by atoms with Crippen LogP contribution >= 0.6 is 0 Å². The molecule has 0 radical (unpaired) electrons. The minimum absolute atomic E-state index is 0.0132. The summed E-state index contributed by atoms with van der Waals surface area (Å²) in [4.78, 5) is 25.4. The van der Waals surface area contributed by atoms with E-state index in [-0.39, 0.29) is 18.4 Å². The Balaban J connectivity index is 2.05. The number of aromatic nitrogens is 2. The van der Waals surface area contributed by atoms with Gasteiger partial charge in [0.05, 0.1) is 11.7 Å². The molecule has 0 bridgehead atoms. The van der Waals surface area contributed by atoms with Crippen molar-refractivity contribution >= 4 is 11.9 Å². The summed E-state index contributed by atoms with van der Waals surface area (Å²) in [5, 5.41) is 13.3. The van der Waals surface area contributed by atoms with Crippen LogP contribution in [-0.4, -0.2) is 38.2 Å². The Bertz CT molecular complexity index is 740. The number of benzene rings is 1. The molecule has 0 aliphatic carbocycles. The van der Waals surface area contributed by atoms with Gasteiger partial charge in [-0.3, -0.25) is 14.3 Å². The van der Waals surface area contributed by atoms with E-state index in [0.29, 0.717) is 25.9 Å². The first kappa shape index (κ1) is 19.7. The molecule has 0 saturated carbocycles. The maximum Gasteiger partial charge on any atom is 0.303 e. The number of amides is 1. The van der Waals surface area contributed by atoms with Gasteiger partial charge < -0.3 is 10.0 Å². The van der Waals surface area contributed by atoms with Crippen LogP contribution in [0.5, 0.6) is 0 Å². The van der Waals surface area contributed by atoms with Gasteiger partial charge in [0.2, 0.25) is 5.91 Å². The number of aliphatic carboxylic acids is 1. The minimum atomic E-state index is -0.840. The molecule has 0 aliphatic rings. The van der Waals surface area contributed by atoms with E-state index in [1.165, 1.54) is 0 Å². The first-order chi connectivity index (χ1) is 12.4. The highest BCUT2D eigenvalue weighted by Crippen LogP contribution is 2.17. The molecule has 6 heteroatoms. The van der Waals surface area contributed by atoms with Gasteiger partial charge in [-0.25, -0.2) is 0 Å². The monoisotopic (exact) mass is 357 g/mol. The summed E-state index contributed by atoms with van der Waals surface area (Å²) in [7, 11) is 0. The van der Waals surface area contributed by atoms with E-state index in [1.807, 2.05) is 61.9 Å². The molecule has 0 aliphatic heterocycles. The molecule has 0 spiro atoms. The lowest BCUT2D eigenvalue weighted by Gasteiger charge is -2.25. The molecule has 6 nitrogen and oxygen atoms in total. The van der Waals surface area contributed by atoms with Crippen LogP contribution < -0.4 is 0 Å². The fourth-order valence-corrected chi connectivity index (χ4v) is 3.08. The quantitative estimate of drug-likeness (QED) is 0.747. The molecule has 0 fully saturated rings. The van der Waals surface area contributed by atoms with Gasteiger partial charge in [-0.15, -0.1) is 0 Å². The molecule has 140 valence electrons. The Morgan fingerprint density at radius 3 is 2.50 bits per heavy atom. The minimum Gasteiger partial charge on any atom is -0.481 e. The Kier molecular flexibility index (Phi) is 6.95. The number of carbonyl (C=O) groups excluding carboxylic acids is 1. The molecule has 2 rings (SSSR count). The van der Waals surface area contributed by atoms with Gasteiger partial charge in [0.25, 0.3) is 0 Å². The second kappa shape index (κ2) is 9.17. The largest absolute Gasteiger partial charge is 0.481 e. The van der Waals surface area contributed by atoms with Gasteiger partial charge in [0, 0.05) is 31.6 Å². The van der Waals surface area contributed by atoms with Crippen molar-refractivity contribution in [1.82, 2.24) is 14.7 Å². The fourth-order valence-electron chi connectivity index (χ4n) is 3.08. The van der Waals surface area contributed by atoms with Crippen LogP contribution in [0.3, 0.4) is 0 Å². The number of hydrogen-bond donors (Lipinski definition) is 1. The van der Waals surface area contributed by atoms with Crippen LogP contribution in [-0.2, 0) is 16.1 Å². The summed E-state index contributed by atoms with van der Waals surface area (Å²) in [6.45, 7) is 6.82. The summed E-state index contributed by atoms with van der Waals surface area (Å²) in [6, 6.07) is 11.7. The SMILES string of the molecule is Cc1cc(C)n(C(C)CC(=O)N(CCCC(=O)O)Cc2ccccc2)n1. The van der Waals surface area contributed by atoms with E-state index >= 15 is 0 Å². The Labute approximate surface area is 154 Å². The third kappa shape index (κ3) is 5.72.